The number of piperidine rings is 1. The van der Waals surface area contributed by atoms with Crippen LogP contribution in [0.5, 0.6) is 11.5 Å². The van der Waals surface area contributed by atoms with E-state index in [-0.39, 0.29) is 11.8 Å². The number of anilines is 1. The highest BCUT2D eigenvalue weighted by atomic mass is 16.5. The fourth-order valence-corrected chi connectivity index (χ4v) is 3.80. The number of aromatic nitrogens is 1. The van der Waals surface area contributed by atoms with Gasteiger partial charge in [0.2, 0.25) is 5.91 Å². The highest BCUT2D eigenvalue weighted by Gasteiger charge is 2.28. The molecule has 2 aromatic rings. The lowest BCUT2D eigenvalue weighted by Gasteiger charge is -2.34. The molecule has 0 saturated carbocycles. The predicted molar refractivity (Wildman–Crippen MR) is 115 cm³/mol. The van der Waals surface area contributed by atoms with Crippen molar-refractivity contribution in [3.8, 4) is 17.6 Å². The molecule has 1 aliphatic rings. The molecule has 7 nitrogen and oxygen atoms in total. The zero-order chi connectivity index (χ0) is 21.5. The Morgan fingerprint density at radius 1 is 1.20 bits per heavy atom. The number of carbonyl (C=O) groups is 1. The third kappa shape index (κ3) is 4.82. The van der Waals surface area contributed by atoms with Gasteiger partial charge in [-0.25, -0.2) is 4.98 Å². The van der Waals surface area contributed by atoms with Gasteiger partial charge in [-0.15, -0.1) is 0 Å². The maximum Gasteiger partial charge on any atom is 0.226 e. The summed E-state index contributed by atoms with van der Waals surface area (Å²) < 4.78 is 10.7. The minimum absolute atomic E-state index is 0.0136. The van der Waals surface area contributed by atoms with Crippen molar-refractivity contribution in [2.24, 2.45) is 5.92 Å². The van der Waals surface area contributed by atoms with E-state index in [9.17, 15) is 4.79 Å². The lowest BCUT2D eigenvalue weighted by molar-refractivity contribution is -0.136. The van der Waals surface area contributed by atoms with E-state index in [0.29, 0.717) is 30.2 Å². The van der Waals surface area contributed by atoms with Gasteiger partial charge >= 0.3 is 0 Å². The van der Waals surface area contributed by atoms with Crippen LogP contribution in [-0.4, -0.2) is 49.6 Å². The van der Waals surface area contributed by atoms with Crippen LogP contribution in [0.2, 0.25) is 0 Å². The molecule has 3 rings (SSSR count). The highest BCUT2D eigenvalue weighted by Crippen LogP contribution is 2.29. The van der Waals surface area contributed by atoms with Crippen LogP contribution in [0.25, 0.3) is 0 Å². The van der Waals surface area contributed by atoms with Gasteiger partial charge in [0, 0.05) is 38.3 Å². The van der Waals surface area contributed by atoms with Crippen molar-refractivity contribution >= 4 is 11.7 Å². The number of amides is 1. The number of methoxy groups -OCH3 is 2. The van der Waals surface area contributed by atoms with E-state index in [2.05, 4.69) is 16.0 Å². The minimum Gasteiger partial charge on any atom is -0.493 e. The molecule has 1 fully saturated rings. The molecule has 0 spiro atoms. The van der Waals surface area contributed by atoms with Crippen molar-refractivity contribution in [3.63, 3.8) is 0 Å². The van der Waals surface area contributed by atoms with Gasteiger partial charge in [0.1, 0.15) is 11.9 Å². The zero-order valence-corrected chi connectivity index (χ0v) is 17.8. The Morgan fingerprint density at radius 3 is 2.50 bits per heavy atom. The Balaban J connectivity index is 1.60. The highest BCUT2D eigenvalue weighted by molar-refractivity contribution is 5.79. The topological polar surface area (TPSA) is 78.7 Å². The number of benzene rings is 1. The first-order valence-corrected chi connectivity index (χ1v) is 10.2. The average Bonchev–Trinajstić information content (AvgIpc) is 2.82. The summed E-state index contributed by atoms with van der Waals surface area (Å²) in [5.74, 6) is 2.41. The first kappa shape index (κ1) is 21.4. The Morgan fingerprint density at radius 2 is 1.93 bits per heavy atom. The molecule has 158 valence electrons. The number of ether oxygens (including phenoxy) is 2. The standard InChI is InChI=1S/C23H28N4O3/c1-4-26(16-17-5-7-20(29-2)21(13-17)30-3)23(28)19-9-11-27(12-10-19)22-8-6-18(14-24)15-25-22/h5-8,13,15,19H,4,9-12,16H2,1-3H3. The Bertz CT molecular complexity index is 900. The number of nitriles is 1. The molecular formula is C23H28N4O3. The van der Waals surface area contributed by atoms with Crippen LogP contribution in [0.4, 0.5) is 5.82 Å². The summed E-state index contributed by atoms with van der Waals surface area (Å²) in [6, 6.07) is 11.5. The number of rotatable bonds is 7. The molecule has 0 bridgehead atoms. The van der Waals surface area contributed by atoms with Gasteiger partial charge in [-0.05, 0) is 49.6 Å². The molecule has 7 heteroatoms. The quantitative estimate of drug-likeness (QED) is 0.700. The molecule has 1 saturated heterocycles. The Hall–Kier alpha value is -3.27. The van der Waals surface area contributed by atoms with Crippen molar-refractivity contribution in [3.05, 3.63) is 47.7 Å². The van der Waals surface area contributed by atoms with Crippen LogP contribution in [-0.2, 0) is 11.3 Å². The van der Waals surface area contributed by atoms with Crippen molar-refractivity contribution in [2.45, 2.75) is 26.3 Å². The van der Waals surface area contributed by atoms with Crippen LogP contribution in [0.15, 0.2) is 36.5 Å². The van der Waals surface area contributed by atoms with Gasteiger partial charge in [0.15, 0.2) is 11.5 Å². The summed E-state index contributed by atoms with van der Waals surface area (Å²) in [6.45, 7) is 4.78. The van der Waals surface area contributed by atoms with E-state index < -0.39 is 0 Å². The van der Waals surface area contributed by atoms with Crippen LogP contribution in [0.1, 0.15) is 30.9 Å². The fourth-order valence-electron chi connectivity index (χ4n) is 3.80. The van der Waals surface area contributed by atoms with E-state index in [1.807, 2.05) is 36.1 Å². The number of pyridine rings is 1. The molecule has 0 atom stereocenters. The molecule has 30 heavy (non-hydrogen) atoms. The van der Waals surface area contributed by atoms with Crippen LogP contribution in [0, 0.1) is 17.2 Å². The van der Waals surface area contributed by atoms with Gasteiger partial charge < -0.3 is 19.3 Å². The molecule has 1 amide bonds. The van der Waals surface area contributed by atoms with Crippen LogP contribution in [0.3, 0.4) is 0 Å². The fraction of sp³-hybridized carbons (Fsp3) is 0.435. The SMILES string of the molecule is CCN(Cc1ccc(OC)c(OC)c1)C(=O)C1CCN(c2ccc(C#N)cn2)CC1. The maximum absolute atomic E-state index is 13.1. The van der Waals surface area contributed by atoms with Gasteiger partial charge in [0.25, 0.3) is 0 Å². The molecule has 1 aliphatic heterocycles. The van der Waals surface area contributed by atoms with Gasteiger partial charge in [-0.1, -0.05) is 6.07 Å². The first-order valence-electron chi connectivity index (χ1n) is 10.2. The first-order chi connectivity index (χ1) is 14.6. The summed E-state index contributed by atoms with van der Waals surface area (Å²) in [4.78, 5) is 21.6. The van der Waals surface area contributed by atoms with Gasteiger partial charge in [0.05, 0.1) is 19.8 Å². The maximum atomic E-state index is 13.1. The van der Waals surface area contributed by atoms with Crippen LogP contribution < -0.4 is 14.4 Å². The summed E-state index contributed by atoms with van der Waals surface area (Å²) in [5.41, 5.74) is 1.57. The number of hydrogen-bond acceptors (Lipinski definition) is 6. The van der Waals surface area contributed by atoms with E-state index in [1.54, 1.807) is 26.5 Å². The van der Waals surface area contributed by atoms with E-state index in [0.717, 1.165) is 37.3 Å². The second-order valence-electron chi connectivity index (χ2n) is 7.32. The smallest absolute Gasteiger partial charge is 0.226 e. The molecule has 0 N–H and O–H groups in total. The van der Waals surface area contributed by atoms with E-state index >= 15 is 0 Å². The Kier molecular flexibility index (Phi) is 7.12. The van der Waals surface area contributed by atoms with Gasteiger partial charge in [-0.3, -0.25) is 4.79 Å². The van der Waals surface area contributed by atoms with Crippen molar-refractivity contribution in [1.82, 2.24) is 9.88 Å². The molecule has 0 unspecified atom stereocenters. The predicted octanol–water partition coefficient (Wildman–Crippen LogP) is 3.24. The second kappa shape index (κ2) is 9.97. The number of hydrogen-bond donors (Lipinski definition) is 0. The summed E-state index contributed by atoms with van der Waals surface area (Å²) >= 11 is 0. The average molecular weight is 409 g/mol. The number of carbonyl (C=O) groups excluding carboxylic acids is 1. The van der Waals surface area contributed by atoms with Gasteiger partial charge in [-0.2, -0.15) is 5.26 Å². The van der Waals surface area contributed by atoms with Crippen molar-refractivity contribution < 1.29 is 14.3 Å². The molecule has 0 radical (unpaired) electrons. The van der Waals surface area contributed by atoms with Crippen molar-refractivity contribution in [2.75, 3.05) is 38.8 Å². The lowest BCUT2D eigenvalue weighted by Crippen LogP contribution is -2.42. The molecule has 1 aromatic heterocycles. The lowest BCUT2D eigenvalue weighted by atomic mass is 9.95. The summed E-state index contributed by atoms with van der Waals surface area (Å²) in [6.07, 6.45) is 3.18. The summed E-state index contributed by atoms with van der Waals surface area (Å²) in [7, 11) is 3.22. The second-order valence-corrected chi connectivity index (χ2v) is 7.32. The minimum atomic E-state index is 0.0136. The normalized spacial score (nSPS) is 14.1. The van der Waals surface area contributed by atoms with Crippen molar-refractivity contribution in [1.29, 1.82) is 5.26 Å². The monoisotopic (exact) mass is 408 g/mol. The molecular weight excluding hydrogens is 380 g/mol. The molecule has 2 heterocycles. The third-order valence-corrected chi connectivity index (χ3v) is 5.56. The summed E-state index contributed by atoms with van der Waals surface area (Å²) in [5, 5.41) is 8.91. The van der Waals surface area contributed by atoms with E-state index in [1.165, 1.54) is 0 Å². The largest absolute Gasteiger partial charge is 0.493 e. The van der Waals surface area contributed by atoms with Crippen LogP contribution >= 0.6 is 0 Å². The molecule has 0 aliphatic carbocycles. The number of nitrogens with zero attached hydrogens (tertiary/aromatic N) is 4. The Labute approximate surface area is 177 Å². The van der Waals surface area contributed by atoms with E-state index in [4.69, 9.17) is 14.7 Å². The third-order valence-electron chi connectivity index (χ3n) is 5.56. The molecule has 1 aromatic carbocycles. The zero-order valence-electron chi connectivity index (χ0n) is 17.8.